The predicted octanol–water partition coefficient (Wildman–Crippen LogP) is 1.78. The molecule has 0 unspecified atom stereocenters. The number of Topliss-reactive ketones (excluding diaryl/α,β-unsaturated/α-hetero) is 1. The van der Waals surface area contributed by atoms with E-state index in [1.54, 1.807) is 6.92 Å². The zero-order valence-electron chi connectivity index (χ0n) is 7.30. The molecule has 0 fully saturated rings. The molecular weight excluding hydrogens is 174 g/mol. The summed E-state index contributed by atoms with van der Waals surface area (Å²) in [6.07, 6.45) is 3.46. The average Bonchev–Trinajstić information content (AvgIpc) is 1.95. The molecule has 0 rings (SSSR count). The fourth-order valence-corrected chi connectivity index (χ4v) is 0.983. The van der Waals surface area contributed by atoms with Gasteiger partial charge in [-0.2, -0.15) is 0 Å². The first-order valence-corrected chi connectivity index (χ1v) is 4.54. The van der Waals surface area contributed by atoms with Gasteiger partial charge in [0.2, 0.25) is 0 Å². The van der Waals surface area contributed by atoms with Crippen molar-refractivity contribution in [1.29, 1.82) is 0 Å². The second-order valence-electron chi connectivity index (χ2n) is 2.74. The molecule has 0 aromatic carbocycles. The SMILES string of the molecule is CC(=O)CCCCCNC(=O)S. The van der Waals surface area contributed by atoms with E-state index in [9.17, 15) is 9.59 Å². The van der Waals surface area contributed by atoms with Gasteiger partial charge in [-0.25, -0.2) is 0 Å². The monoisotopic (exact) mass is 189 g/mol. The normalized spacial score (nSPS) is 9.50. The molecule has 3 nitrogen and oxygen atoms in total. The number of rotatable bonds is 6. The van der Waals surface area contributed by atoms with Crippen molar-refractivity contribution in [2.75, 3.05) is 6.54 Å². The van der Waals surface area contributed by atoms with Gasteiger partial charge in [0.25, 0.3) is 5.24 Å². The molecule has 12 heavy (non-hydrogen) atoms. The van der Waals surface area contributed by atoms with Gasteiger partial charge in [-0.1, -0.05) is 19.0 Å². The van der Waals surface area contributed by atoms with Gasteiger partial charge < -0.3 is 10.1 Å². The highest BCUT2D eigenvalue weighted by Crippen LogP contribution is 1.99. The summed E-state index contributed by atoms with van der Waals surface area (Å²) in [6, 6.07) is 0. The van der Waals surface area contributed by atoms with Crippen LogP contribution in [0.2, 0.25) is 0 Å². The molecule has 0 aliphatic carbocycles. The second-order valence-corrected chi connectivity index (χ2v) is 3.15. The van der Waals surface area contributed by atoms with Crippen LogP contribution < -0.4 is 5.32 Å². The Labute approximate surface area is 78.3 Å². The topological polar surface area (TPSA) is 46.2 Å². The molecule has 0 aliphatic rings. The Morgan fingerprint density at radius 2 is 1.92 bits per heavy atom. The molecule has 0 spiro atoms. The maximum absolute atomic E-state index is 10.5. The summed E-state index contributed by atoms with van der Waals surface area (Å²) in [5.41, 5.74) is 0. The quantitative estimate of drug-likeness (QED) is 0.494. The molecule has 0 saturated heterocycles. The maximum atomic E-state index is 10.5. The van der Waals surface area contributed by atoms with Gasteiger partial charge in [-0.3, -0.25) is 4.79 Å². The molecule has 4 heteroatoms. The predicted molar refractivity (Wildman–Crippen MR) is 51.5 cm³/mol. The lowest BCUT2D eigenvalue weighted by atomic mass is 10.1. The van der Waals surface area contributed by atoms with Crippen LogP contribution in [0.4, 0.5) is 4.79 Å². The molecule has 0 bridgehead atoms. The number of carbonyl (C=O) groups excluding carboxylic acids is 2. The van der Waals surface area contributed by atoms with E-state index in [0.29, 0.717) is 13.0 Å². The van der Waals surface area contributed by atoms with Crippen molar-refractivity contribution in [3.8, 4) is 0 Å². The van der Waals surface area contributed by atoms with E-state index in [1.165, 1.54) is 0 Å². The third-order valence-corrected chi connectivity index (χ3v) is 1.64. The zero-order valence-corrected chi connectivity index (χ0v) is 8.19. The van der Waals surface area contributed by atoms with E-state index >= 15 is 0 Å². The van der Waals surface area contributed by atoms with E-state index in [2.05, 4.69) is 17.9 Å². The van der Waals surface area contributed by atoms with Crippen LogP contribution in [0.1, 0.15) is 32.6 Å². The Kier molecular flexibility index (Phi) is 6.85. The van der Waals surface area contributed by atoms with Crippen LogP contribution in [-0.4, -0.2) is 17.6 Å². The fraction of sp³-hybridized carbons (Fsp3) is 0.750. The van der Waals surface area contributed by atoms with Crippen LogP contribution in [0.25, 0.3) is 0 Å². The third kappa shape index (κ3) is 9.49. The summed E-state index contributed by atoms with van der Waals surface area (Å²) in [4.78, 5) is 20.8. The van der Waals surface area contributed by atoms with E-state index in [-0.39, 0.29) is 11.0 Å². The van der Waals surface area contributed by atoms with Crippen LogP contribution >= 0.6 is 12.6 Å². The first kappa shape index (κ1) is 11.5. The number of amides is 1. The highest BCUT2D eigenvalue weighted by molar-refractivity contribution is 7.96. The Hall–Kier alpha value is -0.510. The first-order chi connectivity index (χ1) is 5.63. The van der Waals surface area contributed by atoms with Gasteiger partial charge in [-0.05, 0) is 19.8 Å². The van der Waals surface area contributed by atoms with Crippen molar-refractivity contribution in [2.24, 2.45) is 0 Å². The molecular formula is C8H15NO2S. The summed E-state index contributed by atoms with van der Waals surface area (Å²) >= 11 is 3.55. The van der Waals surface area contributed by atoms with Crippen LogP contribution in [0.5, 0.6) is 0 Å². The number of hydrogen-bond donors (Lipinski definition) is 2. The van der Waals surface area contributed by atoms with Crippen molar-refractivity contribution in [1.82, 2.24) is 5.32 Å². The average molecular weight is 189 g/mol. The minimum absolute atomic E-state index is 0.230. The van der Waals surface area contributed by atoms with Gasteiger partial charge in [0.1, 0.15) is 5.78 Å². The van der Waals surface area contributed by atoms with Gasteiger partial charge in [0, 0.05) is 13.0 Å². The van der Waals surface area contributed by atoms with Crippen molar-refractivity contribution < 1.29 is 9.59 Å². The number of ketones is 1. The van der Waals surface area contributed by atoms with Crippen LogP contribution in [0.15, 0.2) is 0 Å². The highest BCUT2D eigenvalue weighted by atomic mass is 32.1. The van der Waals surface area contributed by atoms with E-state index in [1.807, 2.05) is 0 Å². The summed E-state index contributed by atoms with van der Waals surface area (Å²) < 4.78 is 0. The standard InChI is InChI=1S/C8H15NO2S/c1-7(10)5-3-2-4-6-9-8(11)12/h2-6H2,1H3,(H2,9,11,12). The molecule has 0 radical (unpaired) electrons. The minimum Gasteiger partial charge on any atom is -0.347 e. The van der Waals surface area contributed by atoms with E-state index in [4.69, 9.17) is 0 Å². The number of thiol groups is 1. The summed E-state index contributed by atoms with van der Waals surface area (Å²) in [5.74, 6) is 0.230. The Morgan fingerprint density at radius 3 is 2.42 bits per heavy atom. The van der Waals surface area contributed by atoms with Crippen LogP contribution in [0, 0.1) is 0 Å². The number of unbranched alkanes of at least 4 members (excludes halogenated alkanes) is 2. The summed E-state index contributed by atoms with van der Waals surface area (Å²) in [6.45, 7) is 2.25. The zero-order chi connectivity index (χ0) is 9.40. The Morgan fingerprint density at radius 1 is 1.25 bits per heavy atom. The van der Waals surface area contributed by atoms with Gasteiger partial charge in [0.05, 0.1) is 0 Å². The lowest BCUT2D eigenvalue weighted by Gasteiger charge is -1.99. The van der Waals surface area contributed by atoms with Crippen LogP contribution in [-0.2, 0) is 4.79 Å². The lowest BCUT2D eigenvalue weighted by molar-refractivity contribution is -0.117. The molecule has 0 heterocycles. The number of carbonyl (C=O) groups is 2. The van der Waals surface area contributed by atoms with E-state index in [0.717, 1.165) is 19.3 Å². The summed E-state index contributed by atoms with van der Waals surface area (Å²) in [5, 5.41) is 2.28. The molecule has 0 atom stereocenters. The Balaban J connectivity index is 3.01. The number of nitrogens with one attached hydrogen (secondary N) is 1. The minimum atomic E-state index is -0.290. The highest BCUT2D eigenvalue weighted by Gasteiger charge is 1.94. The van der Waals surface area contributed by atoms with Crippen molar-refractivity contribution in [2.45, 2.75) is 32.6 Å². The second kappa shape index (κ2) is 7.16. The molecule has 1 N–H and O–H groups in total. The van der Waals surface area contributed by atoms with Gasteiger partial charge in [0.15, 0.2) is 0 Å². The molecule has 0 saturated carbocycles. The van der Waals surface area contributed by atoms with Gasteiger partial charge in [-0.15, -0.1) is 0 Å². The lowest BCUT2D eigenvalue weighted by Crippen LogP contribution is -2.17. The maximum Gasteiger partial charge on any atom is 0.275 e. The van der Waals surface area contributed by atoms with Gasteiger partial charge >= 0.3 is 0 Å². The first-order valence-electron chi connectivity index (χ1n) is 4.09. The molecule has 1 amide bonds. The molecule has 0 aromatic rings. The molecule has 0 aromatic heterocycles. The molecule has 0 aliphatic heterocycles. The Bertz CT molecular complexity index is 141. The summed E-state index contributed by atoms with van der Waals surface area (Å²) in [7, 11) is 0. The van der Waals surface area contributed by atoms with Crippen molar-refractivity contribution in [3.63, 3.8) is 0 Å². The number of hydrogen-bond acceptors (Lipinski definition) is 2. The van der Waals surface area contributed by atoms with Crippen molar-refractivity contribution in [3.05, 3.63) is 0 Å². The smallest absolute Gasteiger partial charge is 0.275 e. The van der Waals surface area contributed by atoms with E-state index < -0.39 is 0 Å². The molecule has 70 valence electrons. The fourth-order valence-electron chi connectivity index (χ4n) is 0.871. The third-order valence-electron chi connectivity index (χ3n) is 1.48. The van der Waals surface area contributed by atoms with Crippen LogP contribution in [0.3, 0.4) is 0 Å². The van der Waals surface area contributed by atoms with Crippen molar-refractivity contribution >= 4 is 23.7 Å². The largest absolute Gasteiger partial charge is 0.347 e.